The summed E-state index contributed by atoms with van der Waals surface area (Å²) >= 11 is 13.4. The summed E-state index contributed by atoms with van der Waals surface area (Å²) in [7, 11) is 0. The molecule has 0 radical (unpaired) electrons. The van der Waals surface area contributed by atoms with Gasteiger partial charge in [0.2, 0.25) is 0 Å². The highest BCUT2D eigenvalue weighted by atomic mass is 79.9. The zero-order valence-electron chi connectivity index (χ0n) is 9.74. The molecule has 1 unspecified atom stereocenters. The molecule has 4 heteroatoms. The second-order valence-corrected chi connectivity index (χ2v) is 6.24. The molecule has 3 rings (SSSR count). The van der Waals surface area contributed by atoms with E-state index in [1.165, 1.54) is 5.56 Å². The summed E-state index contributed by atoms with van der Waals surface area (Å²) in [5.74, 6) is 0. The maximum absolute atomic E-state index is 6.25. The molecule has 0 bridgehead atoms. The molecule has 0 aliphatic rings. The molecule has 0 fully saturated rings. The number of rotatable bonds is 2. The Morgan fingerprint density at radius 3 is 2.37 bits per heavy atom. The highest BCUT2D eigenvalue weighted by Crippen LogP contribution is 2.40. The lowest BCUT2D eigenvalue weighted by molar-refractivity contribution is 0.537. The monoisotopic (exact) mass is 398 g/mol. The Labute approximate surface area is 132 Å². The number of hydrogen-bond donors (Lipinski definition) is 0. The topological polar surface area (TPSA) is 13.1 Å². The van der Waals surface area contributed by atoms with Crippen LogP contribution in [0.2, 0.25) is 5.02 Å². The van der Waals surface area contributed by atoms with Crippen LogP contribution in [0.4, 0.5) is 0 Å². The van der Waals surface area contributed by atoms with E-state index in [0.29, 0.717) is 0 Å². The van der Waals surface area contributed by atoms with Crippen LogP contribution in [0, 0.1) is 0 Å². The molecule has 0 aliphatic carbocycles. The fourth-order valence-corrected chi connectivity index (χ4v) is 3.92. The largest absolute Gasteiger partial charge is 0.457 e. The fourth-order valence-electron chi connectivity index (χ4n) is 2.16. The first-order valence-electron chi connectivity index (χ1n) is 5.72. The summed E-state index contributed by atoms with van der Waals surface area (Å²) in [5, 5.41) is 2.97. The van der Waals surface area contributed by atoms with E-state index in [0.717, 1.165) is 26.0 Å². The van der Waals surface area contributed by atoms with Gasteiger partial charge in [-0.25, -0.2) is 0 Å². The predicted octanol–water partition coefficient (Wildman–Crippen LogP) is 6.33. The van der Waals surface area contributed by atoms with Gasteiger partial charge in [0.05, 0.1) is 11.1 Å². The molecule has 3 aromatic rings. The normalized spacial score (nSPS) is 12.8. The molecule has 96 valence electrons. The van der Waals surface area contributed by atoms with Gasteiger partial charge in [-0.15, -0.1) is 0 Å². The van der Waals surface area contributed by atoms with E-state index in [2.05, 4.69) is 37.9 Å². The number of halogens is 3. The second kappa shape index (κ2) is 5.31. The Hall–Kier alpha value is -0.770. The number of hydrogen-bond acceptors (Lipinski definition) is 1. The molecule has 0 saturated carbocycles. The smallest absolute Gasteiger partial charge is 0.173 e. The molecular formula is C15H9Br2ClO. The number of fused-ring (bicyclic) bond motifs is 1. The summed E-state index contributed by atoms with van der Waals surface area (Å²) in [6.45, 7) is 0. The van der Waals surface area contributed by atoms with E-state index in [9.17, 15) is 0 Å². The quantitative estimate of drug-likeness (QED) is 0.458. The van der Waals surface area contributed by atoms with Gasteiger partial charge >= 0.3 is 0 Å². The lowest BCUT2D eigenvalue weighted by Crippen LogP contribution is -1.93. The molecule has 0 N–H and O–H groups in total. The summed E-state index contributed by atoms with van der Waals surface area (Å²) < 4.78 is 6.05. The van der Waals surface area contributed by atoms with Crippen molar-refractivity contribution in [3.63, 3.8) is 0 Å². The van der Waals surface area contributed by atoms with Crippen molar-refractivity contribution in [2.45, 2.75) is 4.83 Å². The average molecular weight is 400 g/mol. The Morgan fingerprint density at radius 1 is 0.947 bits per heavy atom. The van der Waals surface area contributed by atoms with Gasteiger partial charge in [-0.1, -0.05) is 57.9 Å². The maximum Gasteiger partial charge on any atom is 0.173 e. The third kappa shape index (κ3) is 2.35. The minimum atomic E-state index is 0.0581. The third-order valence-electron chi connectivity index (χ3n) is 3.10. The highest BCUT2D eigenvalue weighted by molar-refractivity contribution is 9.10. The van der Waals surface area contributed by atoms with Gasteiger partial charge in [0.25, 0.3) is 0 Å². The molecule has 0 aliphatic heterocycles. The first-order valence-corrected chi connectivity index (χ1v) is 7.81. The van der Waals surface area contributed by atoms with Crippen molar-refractivity contribution in [3.05, 3.63) is 69.5 Å². The molecule has 1 nitrogen and oxygen atoms in total. The van der Waals surface area contributed by atoms with Crippen molar-refractivity contribution < 1.29 is 4.42 Å². The molecule has 1 aromatic heterocycles. The van der Waals surface area contributed by atoms with E-state index < -0.39 is 0 Å². The van der Waals surface area contributed by atoms with Gasteiger partial charge in [0, 0.05) is 16.0 Å². The molecular weight excluding hydrogens is 391 g/mol. The van der Waals surface area contributed by atoms with Crippen LogP contribution in [-0.4, -0.2) is 0 Å². The van der Waals surface area contributed by atoms with Crippen molar-refractivity contribution >= 4 is 54.2 Å². The molecule has 1 heterocycles. The molecule has 0 amide bonds. The first kappa shape index (κ1) is 13.2. The Balaban J connectivity index is 2.21. The van der Waals surface area contributed by atoms with Gasteiger partial charge in [0.15, 0.2) is 4.67 Å². The summed E-state index contributed by atoms with van der Waals surface area (Å²) in [4.78, 5) is 0.0581. The number of alkyl halides is 1. The van der Waals surface area contributed by atoms with E-state index >= 15 is 0 Å². The van der Waals surface area contributed by atoms with Crippen LogP contribution in [-0.2, 0) is 0 Å². The second-order valence-electron chi connectivity index (χ2n) is 4.19. The van der Waals surface area contributed by atoms with Crippen molar-refractivity contribution in [3.8, 4) is 0 Å². The molecule has 0 saturated heterocycles. The van der Waals surface area contributed by atoms with E-state index in [1.807, 2.05) is 36.4 Å². The van der Waals surface area contributed by atoms with Gasteiger partial charge in [0.1, 0.15) is 0 Å². The molecule has 0 spiro atoms. The van der Waals surface area contributed by atoms with Gasteiger partial charge in [-0.05, 0) is 39.0 Å². The summed E-state index contributed by atoms with van der Waals surface area (Å²) in [6, 6.07) is 14.1. The van der Waals surface area contributed by atoms with Crippen LogP contribution < -0.4 is 0 Å². The molecule has 1 atom stereocenters. The average Bonchev–Trinajstić information content (AvgIpc) is 2.85. The van der Waals surface area contributed by atoms with Crippen LogP contribution in [0.15, 0.2) is 57.8 Å². The zero-order chi connectivity index (χ0) is 13.4. The van der Waals surface area contributed by atoms with Gasteiger partial charge < -0.3 is 4.42 Å². The minimum absolute atomic E-state index is 0.0581. The van der Waals surface area contributed by atoms with E-state index in [4.69, 9.17) is 16.0 Å². The van der Waals surface area contributed by atoms with E-state index in [-0.39, 0.29) is 4.83 Å². The Kier molecular flexibility index (Phi) is 3.70. The van der Waals surface area contributed by atoms with E-state index in [1.54, 1.807) is 6.26 Å². The Morgan fingerprint density at radius 2 is 1.68 bits per heavy atom. The third-order valence-corrected chi connectivity index (χ3v) is 5.06. The number of benzene rings is 2. The van der Waals surface area contributed by atoms with Crippen molar-refractivity contribution in [2.24, 2.45) is 0 Å². The van der Waals surface area contributed by atoms with Crippen LogP contribution >= 0.6 is 43.5 Å². The summed E-state index contributed by atoms with van der Waals surface area (Å²) in [6.07, 6.45) is 1.67. The number of furan rings is 1. The maximum atomic E-state index is 6.25. The molecule has 19 heavy (non-hydrogen) atoms. The highest BCUT2D eigenvalue weighted by Gasteiger charge is 2.18. The van der Waals surface area contributed by atoms with Crippen molar-refractivity contribution in [2.75, 3.05) is 0 Å². The van der Waals surface area contributed by atoms with Crippen LogP contribution in [0.5, 0.6) is 0 Å². The lowest BCUT2D eigenvalue weighted by atomic mass is 9.99. The van der Waals surface area contributed by atoms with Crippen molar-refractivity contribution in [1.82, 2.24) is 0 Å². The van der Waals surface area contributed by atoms with Gasteiger partial charge in [-0.3, -0.25) is 0 Å². The van der Waals surface area contributed by atoms with Crippen LogP contribution in [0.25, 0.3) is 10.8 Å². The van der Waals surface area contributed by atoms with Crippen LogP contribution in [0.1, 0.15) is 16.0 Å². The van der Waals surface area contributed by atoms with Crippen LogP contribution in [0.3, 0.4) is 0 Å². The lowest BCUT2D eigenvalue weighted by Gasteiger charge is -2.13. The van der Waals surface area contributed by atoms with Gasteiger partial charge in [-0.2, -0.15) is 0 Å². The SMILES string of the molecule is Clc1ccc(C(Br)c2ccoc2Br)c2ccccc12. The predicted molar refractivity (Wildman–Crippen MR) is 86.1 cm³/mol. The Bertz CT molecular complexity index is 736. The fraction of sp³-hybridized carbons (Fsp3) is 0.0667. The molecule has 2 aromatic carbocycles. The first-order chi connectivity index (χ1) is 9.18. The minimum Gasteiger partial charge on any atom is -0.457 e. The standard InChI is InChI=1S/C15H9Br2ClO/c16-14(12-7-8-19-15(12)17)11-5-6-13(18)10-4-2-1-3-9(10)11/h1-8,14H. The van der Waals surface area contributed by atoms with Crippen molar-refractivity contribution in [1.29, 1.82) is 0 Å². The zero-order valence-corrected chi connectivity index (χ0v) is 13.7. The summed E-state index contributed by atoms with van der Waals surface area (Å²) in [5.41, 5.74) is 2.23.